The van der Waals surface area contributed by atoms with Crippen molar-refractivity contribution in [1.82, 2.24) is 20.3 Å². The number of aliphatic hydroxyl groups is 1. The number of phenolic OH excluding ortho intramolecular Hbond substituents is 1. The first-order valence-electron chi connectivity index (χ1n) is 15.6. The van der Waals surface area contributed by atoms with E-state index in [0.29, 0.717) is 64.1 Å². The molecule has 51 heavy (non-hydrogen) atoms. The van der Waals surface area contributed by atoms with E-state index >= 15 is 0 Å². The number of rotatable bonds is 16. The number of carbonyl (C=O) groups excluding carboxylic acids is 4. The summed E-state index contributed by atoms with van der Waals surface area (Å²) in [5, 5.41) is 37.7. The van der Waals surface area contributed by atoms with E-state index < -0.39 is 11.9 Å². The summed E-state index contributed by atoms with van der Waals surface area (Å²) in [7, 11) is 0. The van der Waals surface area contributed by atoms with Gasteiger partial charge in [-0.2, -0.15) is 0 Å². The van der Waals surface area contributed by atoms with Crippen molar-refractivity contribution in [2.45, 2.75) is 26.4 Å². The van der Waals surface area contributed by atoms with Crippen LogP contribution < -0.4 is 20.7 Å². The molecule has 0 aliphatic carbocycles. The number of ether oxygens (including phenoxy) is 2. The number of aliphatic imine (C=N–C) groups is 1. The smallest absolute Gasteiger partial charge is 0.344 e. The minimum atomic E-state index is -0.683. The van der Waals surface area contributed by atoms with Crippen molar-refractivity contribution in [3.8, 4) is 11.5 Å². The minimum absolute atomic E-state index is 0.0240. The van der Waals surface area contributed by atoms with E-state index in [4.69, 9.17) is 9.47 Å². The number of thioether (sulfide) groups is 1. The predicted octanol–water partition coefficient (Wildman–Crippen LogP) is 4.71. The number of aromatic nitrogens is 3. The highest BCUT2D eigenvalue weighted by Crippen LogP contribution is 2.41. The van der Waals surface area contributed by atoms with E-state index in [1.807, 2.05) is 18.2 Å². The first kappa shape index (κ1) is 35.9. The van der Waals surface area contributed by atoms with Crippen LogP contribution in [0.15, 0.2) is 94.2 Å². The van der Waals surface area contributed by atoms with Gasteiger partial charge in [-0.25, -0.2) is 9.79 Å². The largest absolute Gasteiger partial charge is 0.506 e. The van der Waals surface area contributed by atoms with Gasteiger partial charge in [0.15, 0.2) is 11.5 Å². The molecular weight excluding hydrogens is 678 g/mol. The number of aliphatic hydroxyl groups excluding tert-OH is 1. The molecule has 3 amide bonds. The standard InChI is InChI=1S/C35H33N7O8S/c1-2-49-35(48)31-32(46)30(51-34(31)39-24-7-4-3-5-8-24)14-22-9-10-29(28(45)13-22)50-12-6-11-42-19-27(40-41-42)18-36-33(47)23-15-25(37-20-43)17-26(16-23)38-21-44/h3-5,7-10,13-17,19-21,45-46H,2,6,11-12,18H2,1H3,(H,36,47)(H,37,43)(H,38,44)/b30-14-,39-34?. The third-order valence-corrected chi connectivity index (χ3v) is 8.11. The number of hydrogen-bond donors (Lipinski definition) is 5. The molecule has 5 rings (SSSR count). The lowest BCUT2D eigenvalue weighted by molar-refractivity contribution is -0.138. The molecule has 0 unspecified atom stereocenters. The molecular formula is C35H33N7O8S. The highest BCUT2D eigenvalue weighted by Gasteiger charge is 2.33. The Balaban J connectivity index is 1.14. The SMILES string of the molecule is CCOC(=O)C1=C(O)/C(=C/c2ccc(OCCCn3cc(CNC(=O)c4cc(NC=O)cc(NC=O)c4)nn3)c(O)c2)SC1=Nc1ccccc1. The molecule has 262 valence electrons. The second-order valence-corrected chi connectivity index (χ2v) is 11.7. The summed E-state index contributed by atoms with van der Waals surface area (Å²) >= 11 is 1.12. The molecule has 1 aliphatic rings. The molecule has 4 aromatic rings. The van der Waals surface area contributed by atoms with Crippen LogP contribution in [0.3, 0.4) is 0 Å². The van der Waals surface area contributed by atoms with Crippen LogP contribution in [0.4, 0.5) is 17.1 Å². The number of aryl methyl sites for hydroxylation is 1. The van der Waals surface area contributed by atoms with Crippen LogP contribution in [-0.4, -0.2) is 68.2 Å². The fraction of sp³-hybridized carbons (Fsp3) is 0.171. The van der Waals surface area contributed by atoms with Crippen LogP contribution in [0.1, 0.15) is 35.0 Å². The molecule has 2 heterocycles. The van der Waals surface area contributed by atoms with Crippen LogP contribution in [0.5, 0.6) is 11.5 Å². The number of nitrogens with one attached hydrogen (secondary N) is 3. The lowest BCUT2D eigenvalue weighted by Gasteiger charge is -2.09. The van der Waals surface area contributed by atoms with Crippen molar-refractivity contribution in [2.75, 3.05) is 23.8 Å². The van der Waals surface area contributed by atoms with E-state index in [0.717, 1.165) is 11.8 Å². The van der Waals surface area contributed by atoms with E-state index in [-0.39, 0.29) is 48.2 Å². The zero-order valence-electron chi connectivity index (χ0n) is 27.2. The normalized spacial score (nSPS) is 14.0. The molecule has 15 nitrogen and oxygen atoms in total. The maximum atomic E-state index is 12.7. The fourth-order valence-electron chi connectivity index (χ4n) is 4.78. The topological polar surface area (TPSA) is 206 Å². The highest BCUT2D eigenvalue weighted by atomic mass is 32.2. The van der Waals surface area contributed by atoms with Gasteiger partial charge in [0.2, 0.25) is 12.8 Å². The number of phenols is 1. The van der Waals surface area contributed by atoms with Gasteiger partial charge in [-0.05, 0) is 61.0 Å². The van der Waals surface area contributed by atoms with Gasteiger partial charge in [0.25, 0.3) is 5.91 Å². The number of esters is 1. The average molecular weight is 712 g/mol. The van der Waals surface area contributed by atoms with Crippen molar-refractivity contribution >= 4 is 64.6 Å². The Morgan fingerprint density at radius 3 is 2.43 bits per heavy atom. The summed E-state index contributed by atoms with van der Waals surface area (Å²) in [6.07, 6.45) is 4.77. The fourth-order valence-corrected chi connectivity index (χ4v) is 5.82. The quantitative estimate of drug-likeness (QED) is 0.0611. The third-order valence-electron chi connectivity index (χ3n) is 7.09. The Morgan fingerprint density at radius 1 is 1.00 bits per heavy atom. The van der Waals surface area contributed by atoms with Crippen LogP contribution in [-0.2, 0) is 32.2 Å². The molecule has 0 saturated carbocycles. The molecule has 1 aromatic heterocycles. The molecule has 1 aliphatic heterocycles. The minimum Gasteiger partial charge on any atom is -0.506 e. The van der Waals surface area contributed by atoms with Crippen LogP contribution >= 0.6 is 11.8 Å². The van der Waals surface area contributed by atoms with Crippen LogP contribution in [0.2, 0.25) is 0 Å². The monoisotopic (exact) mass is 711 g/mol. The van der Waals surface area contributed by atoms with Gasteiger partial charge >= 0.3 is 5.97 Å². The van der Waals surface area contributed by atoms with Crippen molar-refractivity contribution in [2.24, 2.45) is 4.99 Å². The van der Waals surface area contributed by atoms with E-state index in [1.165, 1.54) is 24.3 Å². The Morgan fingerprint density at radius 2 is 1.75 bits per heavy atom. The summed E-state index contributed by atoms with van der Waals surface area (Å²) in [4.78, 5) is 51.9. The van der Waals surface area contributed by atoms with Gasteiger partial charge in [-0.3, -0.25) is 19.1 Å². The van der Waals surface area contributed by atoms with Crippen molar-refractivity contribution < 1.29 is 38.9 Å². The van der Waals surface area contributed by atoms with E-state index in [1.54, 1.807) is 48.1 Å². The molecule has 0 spiro atoms. The molecule has 0 bridgehead atoms. The Kier molecular flexibility index (Phi) is 12.2. The second kappa shape index (κ2) is 17.3. The first-order valence-corrected chi connectivity index (χ1v) is 16.4. The number of carbonyl (C=O) groups is 4. The lowest BCUT2D eigenvalue weighted by atomic mass is 10.1. The average Bonchev–Trinajstić information content (AvgIpc) is 3.70. The third kappa shape index (κ3) is 9.60. The maximum absolute atomic E-state index is 12.7. The number of nitrogens with zero attached hydrogens (tertiary/aromatic N) is 4. The molecule has 16 heteroatoms. The van der Waals surface area contributed by atoms with Crippen molar-refractivity contribution in [1.29, 1.82) is 0 Å². The first-order chi connectivity index (χ1) is 24.8. The molecule has 0 saturated heterocycles. The van der Waals surface area contributed by atoms with Crippen molar-refractivity contribution in [3.05, 3.63) is 106 Å². The van der Waals surface area contributed by atoms with E-state index in [2.05, 4.69) is 31.3 Å². The van der Waals surface area contributed by atoms with Gasteiger partial charge in [0.1, 0.15) is 22.1 Å². The Hall–Kier alpha value is -6.42. The van der Waals surface area contributed by atoms with E-state index in [9.17, 15) is 29.4 Å². The highest BCUT2D eigenvalue weighted by molar-refractivity contribution is 8.18. The molecule has 3 aromatic carbocycles. The Labute approximate surface area is 296 Å². The van der Waals surface area contributed by atoms with Gasteiger partial charge in [-0.1, -0.05) is 41.2 Å². The second-order valence-electron chi connectivity index (χ2n) is 10.7. The number of benzene rings is 3. The molecule has 0 fully saturated rings. The number of amides is 3. The lowest BCUT2D eigenvalue weighted by Crippen LogP contribution is -2.23. The van der Waals surface area contributed by atoms with Gasteiger partial charge in [-0.15, -0.1) is 5.10 Å². The predicted molar refractivity (Wildman–Crippen MR) is 191 cm³/mol. The van der Waals surface area contributed by atoms with Gasteiger partial charge < -0.3 is 35.6 Å². The summed E-state index contributed by atoms with van der Waals surface area (Å²) < 4.78 is 12.5. The molecule has 0 radical (unpaired) electrons. The molecule has 5 N–H and O–H groups in total. The summed E-state index contributed by atoms with van der Waals surface area (Å²) in [6, 6.07) is 18.3. The summed E-state index contributed by atoms with van der Waals surface area (Å²) in [6.45, 7) is 2.60. The van der Waals surface area contributed by atoms with Crippen molar-refractivity contribution in [3.63, 3.8) is 0 Å². The Bertz CT molecular complexity index is 1980. The molecule has 0 atom stereocenters. The zero-order chi connectivity index (χ0) is 36.2. The number of para-hydroxylation sites is 1. The number of aromatic hydroxyl groups is 1. The zero-order valence-corrected chi connectivity index (χ0v) is 28.1. The summed E-state index contributed by atoms with van der Waals surface area (Å²) in [5.41, 5.74) is 2.56. The number of hydrogen-bond acceptors (Lipinski definition) is 12. The van der Waals surface area contributed by atoms with Crippen LogP contribution in [0, 0.1) is 0 Å². The van der Waals surface area contributed by atoms with Gasteiger partial charge in [0.05, 0.1) is 36.5 Å². The maximum Gasteiger partial charge on any atom is 0.344 e. The van der Waals surface area contributed by atoms with Crippen LogP contribution in [0.25, 0.3) is 6.08 Å². The number of anilines is 2. The van der Waals surface area contributed by atoms with Gasteiger partial charge in [0, 0.05) is 29.9 Å². The summed E-state index contributed by atoms with van der Waals surface area (Å²) in [5.74, 6) is -1.23.